The number of nitrogens with one attached hydrogen (secondary N) is 2. The van der Waals surface area contributed by atoms with Crippen LogP contribution in [0.2, 0.25) is 0 Å². The predicted molar refractivity (Wildman–Crippen MR) is 128 cm³/mol. The number of aliphatic hydroxyl groups is 1. The quantitative estimate of drug-likeness (QED) is 0.437. The van der Waals surface area contributed by atoms with Crippen molar-refractivity contribution >= 4 is 29.0 Å². The molecule has 0 bridgehead atoms. The molecule has 2 amide bonds. The van der Waals surface area contributed by atoms with Crippen LogP contribution in [-0.2, 0) is 6.18 Å². The molecule has 0 saturated carbocycles. The molecule has 0 radical (unpaired) electrons. The summed E-state index contributed by atoms with van der Waals surface area (Å²) < 4.78 is 80.3. The van der Waals surface area contributed by atoms with Crippen molar-refractivity contribution in [2.45, 2.75) is 70.6 Å². The first-order chi connectivity index (χ1) is 17.4. The normalized spacial score (nSPS) is 17.4. The molecule has 38 heavy (non-hydrogen) atoms. The van der Waals surface area contributed by atoms with E-state index in [1.165, 1.54) is 4.90 Å². The zero-order valence-electron chi connectivity index (χ0n) is 20.9. The zero-order valence-corrected chi connectivity index (χ0v) is 21.7. The highest BCUT2D eigenvalue weighted by molar-refractivity contribution is 7.17. The van der Waals surface area contributed by atoms with E-state index in [9.17, 15) is 35.9 Å². The van der Waals surface area contributed by atoms with Crippen molar-refractivity contribution in [1.82, 2.24) is 20.2 Å². The van der Waals surface area contributed by atoms with E-state index in [-0.39, 0.29) is 16.7 Å². The van der Waals surface area contributed by atoms with Crippen molar-refractivity contribution in [1.29, 1.82) is 0 Å². The van der Waals surface area contributed by atoms with Gasteiger partial charge in [0.15, 0.2) is 11.1 Å². The third-order valence-corrected chi connectivity index (χ3v) is 6.72. The lowest BCUT2D eigenvalue weighted by Crippen LogP contribution is -2.40. The molecule has 3 rings (SSSR count). The number of anilines is 1. The number of carbonyl (C=O) groups is 2. The summed E-state index contributed by atoms with van der Waals surface area (Å²) in [5.74, 6) is -1.96. The SMILES string of the molecule is C[C@H]1CCCN1C(=O)c1nc(C(=O)NC[C@@H](O)C(F)(F)F)sc1-c1cnc(NC(C)(C)C)cc1C(F)(F)F. The van der Waals surface area contributed by atoms with Crippen molar-refractivity contribution in [2.24, 2.45) is 0 Å². The van der Waals surface area contributed by atoms with Gasteiger partial charge in [-0.15, -0.1) is 11.3 Å². The number of rotatable bonds is 6. The van der Waals surface area contributed by atoms with Gasteiger partial charge in [-0.25, -0.2) is 9.97 Å². The molecule has 1 fully saturated rings. The maximum Gasteiger partial charge on any atom is 0.417 e. The Labute approximate surface area is 218 Å². The molecule has 210 valence electrons. The first kappa shape index (κ1) is 29.6. The fraction of sp³-hybridized carbons (Fsp3) is 0.565. The van der Waals surface area contributed by atoms with E-state index >= 15 is 0 Å². The number of hydrogen-bond acceptors (Lipinski definition) is 7. The molecule has 8 nitrogen and oxygen atoms in total. The number of halogens is 6. The van der Waals surface area contributed by atoms with Crippen molar-refractivity contribution in [3.63, 3.8) is 0 Å². The number of pyridine rings is 1. The third kappa shape index (κ3) is 6.92. The van der Waals surface area contributed by atoms with Crippen LogP contribution in [-0.4, -0.2) is 68.7 Å². The summed E-state index contributed by atoms with van der Waals surface area (Å²) in [6.07, 6.45) is -10.5. The number of likely N-dealkylation sites (tertiary alicyclic amines) is 1. The van der Waals surface area contributed by atoms with E-state index in [4.69, 9.17) is 5.11 Å². The zero-order chi connectivity index (χ0) is 28.6. The van der Waals surface area contributed by atoms with Gasteiger partial charge in [-0.3, -0.25) is 9.59 Å². The summed E-state index contributed by atoms with van der Waals surface area (Å²) in [7, 11) is 0. The Bertz CT molecular complexity index is 1190. The largest absolute Gasteiger partial charge is 0.417 e. The van der Waals surface area contributed by atoms with Gasteiger partial charge in [-0.05, 0) is 46.6 Å². The van der Waals surface area contributed by atoms with Gasteiger partial charge in [-0.2, -0.15) is 26.3 Å². The topological polar surface area (TPSA) is 107 Å². The maximum absolute atomic E-state index is 14.1. The number of thiazole rings is 1. The Morgan fingerprint density at radius 1 is 1.21 bits per heavy atom. The number of aliphatic hydroxyl groups excluding tert-OH is 1. The second-order valence-corrected chi connectivity index (χ2v) is 10.9. The summed E-state index contributed by atoms with van der Waals surface area (Å²) in [5, 5.41) is 13.3. The van der Waals surface area contributed by atoms with Crippen LogP contribution in [0, 0.1) is 0 Å². The molecule has 2 atom stereocenters. The van der Waals surface area contributed by atoms with Gasteiger partial charge in [0.05, 0.1) is 17.0 Å². The van der Waals surface area contributed by atoms with E-state index < -0.39 is 64.2 Å². The highest BCUT2D eigenvalue weighted by atomic mass is 32.1. The van der Waals surface area contributed by atoms with Crippen molar-refractivity contribution in [3.8, 4) is 10.4 Å². The molecule has 2 aromatic heterocycles. The minimum atomic E-state index is -5.00. The highest BCUT2D eigenvalue weighted by Crippen LogP contribution is 2.42. The number of aromatic nitrogens is 2. The molecule has 1 aliphatic heterocycles. The number of carbonyl (C=O) groups excluding carboxylic acids is 2. The van der Waals surface area contributed by atoms with Gasteiger partial charge in [0, 0.05) is 29.9 Å². The van der Waals surface area contributed by atoms with Crippen LogP contribution < -0.4 is 10.6 Å². The number of alkyl halides is 6. The van der Waals surface area contributed by atoms with Gasteiger partial charge in [-0.1, -0.05) is 0 Å². The molecular formula is C23H27F6N5O3S. The van der Waals surface area contributed by atoms with Gasteiger partial charge >= 0.3 is 12.4 Å². The molecule has 0 aliphatic carbocycles. The number of nitrogens with zero attached hydrogens (tertiary/aromatic N) is 3. The molecule has 3 heterocycles. The van der Waals surface area contributed by atoms with Gasteiger partial charge in [0.1, 0.15) is 11.5 Å². The van der Waals surface area contributed by atoms with Crippen molar-refractivity contribution in [3.05, 3.63) is 28.5 Å². The Hall–Kier alpha value is -2.94. The second kappa shape index (κ2) is 10.7. The van der Waals surface area contributed by atoms with Crippen LogP contribution in [0.4, 0.5) is 32.2 Å². The molecule has 1 aliphatic rings. The Kier molecular flexibility index (Phi) is 8.32. The average Bonchev–Trinajstić information content (AvgIpc) is 3.41. The van der Waals surface area contributed by atoms with E-state index in [2.05, 4.69) is 15.3 Å². The lowest BCUT2D eigenvalue weighted by Gasteiger charge is -2.23. The Balaban J connectivity index is 2.10. The monoisotopic (exact) mass is 567 g/mol. The minimum Gasteiger partial charge on any atom is -0.382 e. The summed E-state index contributed by atoms with van der Waals surface area (Å²) in [5.41, 5.74) is -2.68. The van der Waals surface area contributed by atoms with E-state index in [1.54, 1.807) is 27.7 Å². The first-order valence-corrected chi connectivity index (χ1v) is 12.4. The summed E-state index contributed by atoms with van der Waals surface area (Å²) in [4.78, 5) is 35.0. The standard InChI is InChI=1S/C23H27F6N5O3S/c1-11-6-5-7-34(11)20(37)16-17(38-19(32-16)18(36)31-10-14(35)23(27,28)29)12-9-30-15(33-21(2,3)4)8-13(12)22(24,25)26/h8-9,11,14,35H,5-7,10H2,1-4H3,(H,30,33)(H,31,36)/t11-,14+/m0/s1. The molecule has 0 spiro atoms. The van der Waals surface area contributed by atoms with Crippen LogP contribution in [0.15, 0.2) is 12.3 Å². The fourth-order valence-electron chi connectivity index (χ4n) is 3.82. The average molecular weight is 568 g/mol. The Morgan fingerprint density at radius 2 is 1.87 bits per heavy atom. The lowest BCUT2D eigenvalue weighted by atomic mass is 10.1. The van der Waals surface area contributed by atoms with Gasteiger partial charge < -0.3 is 20.6 Å². The smallest absolute Gasteiger partial charge is 0.382 e. The summed E-state index contributed by atoms with van der Waals surface area (Å²) in [6.45, 7) is 6.08. The third-order valence-electron chi connectivity index (χ3n) is 5.63. The molecule has 15 heteroatoms. The maximum atomic E-state index is 14.1. The van der Waals surface area contributed by atoms with Gasteiger partial charge in [0.25, 0.3) is 11.8 Å². The van der Waals surface area contributed by atoms with Crippen LogP contribution in [0.5, 0.6) is 0 Å². The lowest BCUT2D eigenvalue weighted by molar-refractivity contribution is -0.201. The molecule has 3 N–H and O–H groups in total. The predicted octanol–water partition coefficient (Wildman–Crippen LogP) is 4.71. The molecule has 1 saturated heterocycles. The van der Waals surface area contributed by atoms with Crippen LogP contribution in [0.25, 0.3) is 10.4 Å². The van der Waals surface area contributed by atoms with Crippen LogP contribution in [0.3, 0.4) is 0 Å². The van der Waals surface area contributed by atoms with E-state index in [1.807, 2.05) is 5.32 Å². The van der Waals surface area contributed by atoms with E-state index in [0.717, 1.165) is 12.3 Å². The van der Waals surface area contributed by atoms with Crippen molar-refractivity contribution < 1.29 is 41.0 Å². The first-order valence-electron chi connectivity index (χ1n) is 11.6. The van der Waals surface area contributed by atoms with Crippen molar-refractivity contribution in [2.75, 3.05) is 18.4 Å². The summed E-state index contributed by atoms with van der Waals surface area (Å²) in [6, 6.07) is 0.557. The molecular weight excluding hydrogens is 540 g/mol. The molecule has 0 unspecified atom stereocenters. The number of hydrogen-bond donors (Lipinski definition) is 3. The Morgan fingerprint density at radius 3 is 2.39 bits per heavy atom. The number of amides is 2. The van der Waals surface area contributed by atoms with Crippen LogP contribution >= 0.6 is 11.3 Å². The summed E-state index contributed by atoms with van der Waals surface area (Å²) >= 11 is 0.424. The highest BCUT2D eigenvalue weighted by Gasteiger charge is 2.40. The second-order valence-electron chi connectivity index (χ2n) is 9.94. The molecule has 0 aromatic carbocycles. The fourth-order valence-corrected chi connectivity index (χ4v) is 4.82. The van der Waals surface area contributed by atoms with E-state index in [0.29, 0.717) is 30.7 Å². The van der Waals surface area contributed by atoms with Gasteiger partial charge in [0.2, 0.25) is 0 Å². The minimum absolute atomic E-state index is 0.0711. The molecule has 2 aromatic rings. The van der Waals surface area contributed by atoms with Crippen LogP contribution in [0.1, 0.15) is 66.4 Å².